The van der Waals surface area contributed by atoms with Crippen molar-refractivity contribution in [2.45, 2.75) is 90.4 Å². The van der Waals surface area contributed by atoms with Crippen molar-refractivity contribution in [1.82, 2.24) is 15.6 Å². The van der Waals surface area contributed by atoms with Crippen LogP contribution in [-0.4, -0.2) is 55.1 Å². The van der Waals surface area contributed by atoms with Crippen molar-refractivity contribution >= 4 is 27.7 Å². The van der Waals surface area contributed by atoms with E-state index in [1.165, 1.54) is 25.1 Å². The number of sulfone groups is 1. The Kier molecular flexibility index (Phi) is 11.8. The van der Waals surface area contributed by atoms with E-state index in [4.69, 9.17) is 10.6 Å². The van der Waals surface area contributed by atoms with Gasteiger partial charge < -0.3 is 15.4 Å². The van der Waals surface area contributed by atoms with E-state index >= 15 is 0 Å². The maximum atomic E-state index is 13.0. The van der Waals surface area contributed by atoms with Crippen LogP contribution in [0, 0.1) is 11.8 Å². The molecular weight excluding hydrogens is 496 g/mol. The zero-order valence-electron chi connectivity index (χ0n) is 23.0. The largest absolute Gasteiger partial charge is 0.443 e. The highest BCUT2D eigenvalue weighted by molar-refractivity contribution is 7.94. The quantitative estimate of drug-likeness (QED) is 0.223. The van der Waals surface area contributed by atoms with Crippen molar-refractivity contribution in [1.29, 1.82) is 0 Å². The number of nitrogens with zero attached hydrogens (tertiary/aromatic N) is 1. The molecule has 0 spiro atoms. The van der Waals surface area contributed by atoms with E-state index in [-0.39, 0.29) is 16.7 Å². The van der Waals surface area contributed by atoms with Gasteiger partial charge in [-0.2, -0.15) is 0 Å². The number of nitrogens with two attached hydrogens (primary N) is 1. The van der Waals surface area contributed by atoms with Crippen LogP contribution in [0.3, 0.4) is 0 Å². The van der Waals surface area contributed by atoms with Gasteiger partial charge in [0.25, 0.3) is 0 Å². The highest BCUT2D eigenvalue weighted by Crippen LogP contribution is 2.15. The van der Waals surface area contributed by atoms with Crippen LogP contribution in [0.1, 0.15) is 61.8 Å². The summed E-state index contributed by atoms with van der Waals surface area (Å²) in [6, 6.07) is 5.34. The summed E-state index contributed by atoms with van der Waals surface area (Å²) >= 11 is 0. The van der Waals surface area contributed by atoms with Crippen molar-refractivity contribution in [2.75, 3.05) is 0 Å². The van der Waals surface area contributed by atoms with Gasteiger partial charge >= 0.3 is 6.09 Å². The molecule has 4 N–H and O–H groups in total. The van der Waals surface area contributed by atoms with Gasteiger partial charge in [0.15, 0.2) is 9.84 Å². The zero-order valence-corrected chi connectivity index (χ0v) is 23.8. The first-order chi connectivity index (χ1) is 16.9. The van der Waals surface area contributed by atoms with Gasteiger partial charge in [0, 0.05) is 11.4 Å². The topological polar surface area (TPSA) is 148 Å². The van der Waals surface area contributed by atoms with Gasteiger partial charge in [-0.3, -0.25) is 9.59 Å². The summed E-state index contributed by atoms with van der Waals surface area (Å²) in [5, 5.41) is 7.20. The van der Waals surface area contributed by atoms with Gasteiger partial charge in [-0.25, -0.2) is 24.1 Å². The Morgan fingerprint density at radius 2 is 1.57 bits per heavy atom. The van der Waals surface area contributed by atoms with Crippen LogP contribution < -0.4 is 16.5 Å². The Balaban J connectivity index is 2.95. The zero-order chi connectivity index (χ0) is 28.6. The monoisotopic (exact) mass is 538 g/mol. The van der Waals surface area contributed by atoms with Crippen molar-refractivity contribution in [3.63, 3.8) is 0 Å². The minimum Gasteiger partial charge on any atom is -0.443 e. The molecule has 37 heavy (non-hydrogen) atoms. The molecular formula is C26H42N4O6S. The number of rotatable bonds is 11. The third-order valence-corrected chi connectivity index (χ3v) is 6.62. The van der Waals surface area contributed by atoms with Crippen molar-refractivity contribution < 1.29 is 27.5 Å². The molecule has 0 aliphatic carbocycles. The first-order valence-corrected chi connectivity index (χ1v) is 13.8. The molecule has 1 rings (SSSR count). The van der Waals surface area contributed by atoms with Crippen LogP contribution in [-0.2, 0) is 24.2 Å². The summed E-state index contributed by atoms with van der Waals surface area (Å²) in [5.41, 5.74) is -0.799. The first kappa shape index (κ1) is 32.1. The molecule has 10 nitrogen and oxygen atoms in total. The fourth-order valence-electron chi connectivity index (χ4n) is 3.43. The number of carbonyl (C=O) groups is 3. The summed E-state index contributed by atoms with van der Waals surface area (Å²) in [7, 11) is -3.68. The Bertz CT molecular complexity index is 1050. The number of benzene rings is 1. The highest BCUT2D eigenvalue weighted by Gasteiger charge is 2.34. The number of ether oxygens (including phenoxy) is 1. The van der Waals surface area contributed by atoms with E-state index in [1.54, 1.807) is 52.8 Å². The standard InChI is InChI=1S/C26H42N4O6S/c1-17(2)16-20(14-15-37(34,35)21-12-10-9-11-13-21)29-23(31)19(5)28-24(32)22(18(3)4)30(27)25(33)36-26(6,7)8/h9-15,17-20,22H,16,27H2,1-8H3,(H,28,32)(H,29,31)/b15-14+/t19?,20-,22?/m1/s1. The number of nitrogens with one attached hydrogen (secondary N) is 2. The Morgan fingerprint density at radius 1 is 1.00 bits per heavy atom. The van der Waals surface area contributed by atoms with Crippen LogP contribution in [0.5, 0.6) is 0 Å². The molecule has 1 aromatic rings. The lowest BCUT2D eigenvalue weighted by atomic mass is 10.0. The van der Waals surface area contributed by atoms with E-state index < -0.39 is 51.5 Å². The molecule has 0 aliphatic rings. The number of amides is 3. The Hall–Kier alpha value is -2.92. The van der Waals surface area contributed by atoms with Gasteiger partial charge in [0.1, 0.15) is 17.7 Å². The lowest BCUT2D eigenvalue weighted by Crippen LogP contribution is -2.59. The summed E-state index contributed by atoms with van der Waals surface area (Å²) in [5.74, 6) is 4.58. The molecule has 11 heteroatoms. The molecule has 0 bridgehead atoms. The second kappa shape index (κ2) is 13.6. The molecule has 0 aliphatic heterocycles. The fourth-order valence-corrected chi connectivity index (χ4v) is 4.52. The van der Waals surface area contributed by atoms with Gasteiger partial charge in [-0.05, 0) is 58.1 Å². The van der Waals surface area contributed by atoms with Crippen molar-refractivity contribution in [3.05, 3.63) is 41.8 Å². The average molecular weight is 539 g/mol. The second-order valence-corrected chi connectivity index (χ2v) is 12.6. The maximum Gasteiger partial charge on any atom is 0.425 e. The fraction of sp³-hybridized carbons (Fsp3) is 0.577. The number of carbonyl (C=O) groups excluding carboxylic acids is 3. The number of hydrogen-bond donors (Lipinski definition) is 3. The number of hydrazine groups is 1. The summed E-state index contributed by atoms with van der Waals surface area (Å²) in [4.78, 5) is 38.4. The maximum absolute atomic E-state index is 13.0. The van der Waals surface area contributed by atoms with E-state index in [1.807, 2.05) is 13.8 Å². The van der Waals surface area contributed by atoms with E-state index in [0.29, 0.717) is 6.42 Å². The number of hydrogen-bond acceptors (Lipinski definition) is 7. The summed E-state index contributed by atoms with van der Waals surface area (Å²) < 4.78 is 30.5. The molecule has 208 valence electrons. The van der Waals surface area contributed by atoms with Crippen LogP contribution in [0.4, 0.5) is 4.79 Å². The van der Waals surface area contributed by atoms with Crippen LogP contribution in [0.15, 0.2) is 46.7 Å². The third kappa shape index (κ3) is 10.9. The Morgan fingerprint density at radius 3 is 2.05 bits per heavy atom. The molecule has 3 atom stereocenters. The first-order valence-electron chi connectivity index (χ1n) is 12.3. The SMILES string of the molecule is CC(C)C[C@@H](/C=C/S(=O)(=O)c1ccccc1)NC(=O)C(C)NC(=O)C(C(C)C)N(N)C(=O)OC(C)(C)C. The van der Waals surface area contributed by atoms with Crippen molar-refractivity contribution in [2.24, 2.45) is 17.7 Å². The molecule has 0 saturated carbocycles. The summed E-state index contributed by atoms with van der Waals surface area (Å²) in [6.45, 7) is 13.9. The van der Waals surface area contributed by atoms with E-state index in [2.05, 4.69) is 10.6 Å². The normalized spacial score (nSPS) is 14.8. The molecule has 0 aromatic heterocycles. The van der Waals surface area contributed by atoms with E-state index in [0.717, 1.165) is 10.4 Å². The molecule has 1 aromatic carbocycles. The minimum atomic E-state index is -3.68. The lowest BCUT2D eigenvalue weighted by Gasteiger charge is -2.32. The van der Waals surface area contributed by atoms with Gasteiger partial charge in [-0.1, -0.05) is 52.0 Å². The van der Waals surface area contributed by atoms with Gasteiger partial charge in [0.05, 0.1) is 4.90 Å². The lowest BCUT2D eigenvalue weighted by molar-refractivity contribution is -0.133. The predicted molar refractivity (Wildman–Crippen MR) is 143 cm³/mol. The van der Waals surface area contributed by atoms with Crippen LogP contribution in [0.25, 0.3) is 0 Å². The van der Waals surface area contributed by atoms with E-state index in [9.17, 15) is 22.8 Å². The predicted octanol–water partition coefficient (Wildman–Crippen LogP) is 3.15. The molecule has 0 heterocycles. The second-order valence-electron chi connectivity index (χ2n) is 10.7. The van der Waals surface area contributed by atoms with Crippen LogP contribution in [0.2, 0.25) is 0 Å². The van der Waals surface area contributed by atoms with Crippen LogP contribution >= 0.6 is 0 Å². The van der Waals surface area contributed by atoms with Gasteiger partial charge in [-0.15, -0.1) is 0 Å². The smallest absolute Gasteiger partial charge is 0.425 e. The Labute approximate surface area is 220 Å². The third-order valence-electron chi connectivity index (χ3n) is 5.17. The minimum absolute atomic E-state index is 0.151. The molecule has 0 fully saturated rings. The molecule has 2 unspecified atom stereocenters. The molecule has 3 amide bonds. The average Bonchev–Trinajstić information content (AvgIpc) is 2.76. The molecule has 0 saturated heterocycles. The highest BCUT2D eigenvalue weighted by atomic mass is 32.2. The van der Waals surface area contributed by atoms with Gasteiger partial charge in [0.2, 0.25) is 11.8 Å². The summed E-state index contributed by atoms with van der Waals surface area (Å²) in [6.07, 6.45) is 1.06. The molecule has 0 radical (unpaired) electrons. The van der Waals surface area contributed by atoms with Crippen molar-refractivity contribution in [3.8, 4) is 0 Å².